The Hall–Kier alpha value is -3.48. The van der Waals surface area contributed by atoms with Crippen molar-refractivity contribution in [3.63, 3.8) is 0 Å². The highest BCUT2D eigenvalue weighted by Gasteiger charge is 2.38. The number of hydrogen-bond donors (Lipinski definition) is 2. The summed E-state index contributed by atoms with van der Waals surface area (Å²) >= 11 is 0. The van der Waals surface area contributed by atoms with Gasteiger partial charge in [0.05, 0.1) is 24.4 Å². The first-order chi connectivity index (χ1) is 18.2. The standard InChI is InChI=1S/C25H29F4N7O2/c1-38-24-16(23(37)34-19-12-35(11-18(19)26)10-14-5-3-2-4-6-14)7-15(9-31-24)20-8-17(25(27,28)29)21-22(30)32-13-33-36(20)21/h7-9,13-14,18-19H,2-6,10-12H2,1H3,(H,34,37)(H2,30,32,33)/t18-,19+/m0/s1. The minimum Gasteiger partial charge on any atom is -0.480 e. The van der Waals surface area contributed by atoms with E-state index in [0.29, 0.717) is 12.5 Å². The molecule has 1 aliphatic carbocycles. The first kappa shape index (κ1) is 26.1. The fraction of sp³-hybridized carbons (Fsp3) is 0.520. The SMILES string of the molecule is COc1ncc(-c2cc(C(F)(F)F)c3c(N)ncnn23)cc1C(=O)N[C@@H]1CN(CC2CCCCC2)C[C@@H]1F. The van der Waals surface area contributed by atoms with Crippen LogP contribution in [0.4, 0.5) is 23.4 Å². The molecule has 0 aromatic carbocycles. The molecule has 204 valence electrons. The van der Waals surface area contributed by atoms with Crippen molar-refractivity contribution in [1.82, 2.24) is 29.8 Å². The molecule has 1 amide bonds. The van der Waals surface area contributed by atoms with Gasteiger partial charge in [0.2, 0.25) is 5.88 Å². The minimum absolute atomic E-state index is 0.00789. The lowest BCUT2D eigenvalue weighted by Gasteiger charge is -2.26. The van der Waals surface area contributed by atoms with Crippen LogP contribution in [0.15, 0.2) is 24.7 Å². The van der Waals surface area contributed by atoms with Gasteiger partial charge in [-0.2, -0.15) is 18.3 Å². The molecular formula is C25H29F4N7O2. The lowest BCUT2D eigenvalue weighted by Crippen LogP contribution is -2.41. The van der Waals surface area contributed by atoms with Crippen molar-refractivity contribution in [2.24, 2.45) is 5.92 Å². The first-order valence-electron chi connectivity index (χ1n) is 12.6. The molecule has 2 atom stereocenters. The number of amides is 1. The number of ether oxygens (including phenoxy) is 1. The quantitative estimate of drug-likeness (QED) is 0.463. The number of carbonyl (C=O) groups is 1. The monoisotopic (exact) mass is 535 g/mol. The zero-order valence-electron chi connectivity index (χ0n) is 20.8. The Labute approximate surface area is 216 Å². The first-order valence-corrected chi connectivity index (χ1v) is 12.6. The molecule has 1 saturated heterocycles. The van der Waals surface area contributed by atoms with Gasteiger partial charge < -0.3 is 15.8 Å². The summed E-state index contributed by atoms with van der Waals surface area (Å²) in [5.41, 5.74) is 4.46. The van der Waals surface area contributed by atoms with Crippen molar-refractivity contribution < 1.29 is 27.1 Å². The molecule has 1 saturated carbocycles. The highest BCUT2D eigenvalue weighted by atomic mass is 19.4. The molecule has 2 aliphatic rings. The van der Waals surface area contributed by atoms with E-state index in [0.717, 1.165) is 36.3 Å². The minimum atomic E-state index is -4.72. The molecule has 0 spiro atoms. The Morgan fingerprint density at radius 3 is 2.66 bits per heavy atom. The molecule has 2 fully saturated rings. The average Bonchev–Trinajstić information content (AvgIpc) is 3.45. The molecular weight excluding hydrogens is 506 g/mol. The normalized spacial score (nSPS) is 21.2. The van der Waals surface area contributed by atoms with Gasteiger partial charge in [0.15, 0.2) is 5.82 Å². The summed E-state index contributed by atoms with van der Waals surface area (Å²) in [6.07, 6.45) is 2.27. The van der Waals surface area contributed by atoms with Crippen molar-refractivity contribution in [3.05, 3.63) is 35.8 Å². The van der Waals surface area contributed by atoms with Crippen LogP contribution in [0.2, 0.25) is 0 Å². The number of nitrogen functional groups attached to an aromatic ring is 1. The Morgan fingerprint density at radius 2 is 1.95 bits per heavy atom. The van der Waals surface area contributed by atoms with Gasteiger partial charge in [0.25, 0.3) is 5.91 Å². The number of rotatable bonds is 6. The number of alkyl halides is 4. The second-order valence-corrected chi connectivity index (χ2v) is 9.95. The van der Waals surface area contributed by atoms with Crippen LogP contribution in [0, 0.1) is 5.92 Å². The van der Waals surface area contributed by atoms with E-state index in [9.17, 15) is 22.4 Å². The van der Waals surface area contributed by atoms with Crippen LogP contribution in [0.3, 0.4) is 0 Å². The predicted molar refractivity (Wildman–Crippen MR) is 131 cm³/mol. The van der Waals surface area contributed by atoms with Crippen LogP contribution in [-0.4, -0.2) is 69.3 Å². The second-order valence-electron chi connectivity index (χ2n) is 9.95. The van der Waals surface area contributed by atoms with Gasteiger partial charge in [0.1, 0.15) is 23.6 Å². The summed E-state index contributed by atoms with van der Waals surface area (Å²) in [5.74, 6) is -0.465. The molecule has 3 aromatic rings. The number of halogens is 4. The van der Waals surface area contributed by atoms with Crippen molar-refractivity contribution >= 4 is 17.2 Å². The summed E-state index contributed by atoms with van der Waals surface area (Å²) < 4.78 is 62.3. The maximum absolute atomic E-state index is 14.9. The number of pyridine rings is 1. The third kappa shape index (κ3) is 5.11. The maximum Gasteiger partial charge on any atom is 0.418 e. The number of fused-ring (bicyclic) bond motifs is 1. The molecule has 0 unspecified atom stereocenters. The zero-order valence-corrected chi connectivity index (χ0v) is 20.8. The number of methoxy groups -OCH3 is 1. The largest absolute Gasteiger partial charge is 0.480 e. The smallest absolute Gasteiger partial charge is 0.418 e. The van der Waals surface area contributed by atoms with Gasteiger partial charge in [-0.05, 0) is 30.9 Å². The van der Waals surface area contributed by atoms with E-state index in [-0.39, 0.29) is 35.1 Å². The summed E-state index contributed by atoms with van der Waals surface area (Å²) in [7, 11) is 1.32. The summed E-state index contributed by atoms with van der Waals surface area (Å²) in [6.45, 7) is 1.43. The Bertz CT molecular complexity index is 1320. The third-order valence-electron chi connectivity index (χ3n) is 7.35. The third-order valence-corrected chi connectivity index (χ3v) is 7.35. The van der Waals surface area contributed by atoms with Crippen molar-refractivity contribution in [2.75, 3.05) is 32.5 Å². The molecule has 0 radical (unpaired) electrons. The van der Waals surface area contributed by atoms with Crippen molar-refractivity contribution in [1.29, 1.82) is 0 Å². The van der Waals surface area contributed by atoms with Crippen molar-refractivity contribution in [2.45, 2.75) is 50.5 Å². The number of aromatic nitrogens is 4. The lowest BCUT2D eigenvalue weighted by molar-refractivity contribution is -0.136. The Balaban J connectivity index is 1.40. The van der Waals surface area contributed by atoms with Crippen molar-refractivity contribution in [3.8, 4) is 17.1 Å². The number of likely N-dealkylation sites (tertiary alicyclic amines) is 1. The van der Waals surface area contributed by atoms with Gasteiger partial charge in [-0.3, -0.25) is 9.69 Å². The summed E-state index contributed by atoms with van der Waals surface area (Å²) in [6, 6.07) is 1.50. The topological polar surface area (TPSA) is 111 Å². The number of nitrogens with zero attached hydrogens (tertiary/aromatic N) is 5. The van der Waals surface area contributed by atoms with Gasteiger partial charge in [-0.15, -0.1) is 0 Å². The summed E-state index contributed by atoms with van der Waals surface area (Å²) in [4.78, 5) is 23.1. The summed E-state index contributed by atoms with van der Waals surface area (Å²) in [5, 5.41) is 6.66. The number of carbonyl (C=O) groups excluding carboxylic acids is 1. The van der Waals surface area contributed by atoms with E-state index in [1.165, 1.54) is 38.6 Å². The van der Waals surface area contributed by atoms with Crippen LogP contribution in [0.1, 0.15) is 48.0 Å². The van der Waals surface area contributed by atoms with Gasteiger partial charge in [-0.25, -0.2) is 18.9 Å². The lowest BCUT2D eigenvalue weighted by atomic mass is 9.89. The molecule has 5 rings (SSSR count). The number of hydrogen-bond acceptors (Lipinski definition) is 7. The van der Waals surface area contributed by atoms with Crippen LogP contribution in [0.25, 0.3) is 16.8 Å². The molecule has 3 N–H and O–H groups in total. The van der Waals surface area contributed by atoms with E-state index in [1.54, 1.807) is 0 Å². The van der Waals surface area contributed by atoms with Crippen LogP contribution in [0.5, 0.6) is 5.88 Å². The van der Waals surface area contributed by atoms with E-state index in [1.807, 2.05) is 4.90 Å². The molecule has 1 aliphatic heterocycles. The molecule has 38 heavy (non-hydrogen) atoms. The molecule has 3 aromatic heterocycles. The molecule has 4 heterocycles. The fourth-order valence-corrected chi connectivity index (χ4v) is 5.51. The van der Waals surface area contributed by atoms with Crippen LogP contribution >= 0.6 is 0 Å². The van der Waals surface area contributed by atoms with E-state index in [2.05, 4.69) is 20.4 Å². The molecule has 0 bridgehead atoms. The number of nitrogens with two attached hydrogens (primary N) is 1. The van der Waals surface area contributed by atoms with Crippen LogP contribution < -0.4 is 15.8 Å². The Kier molecular flexibility index (Phi) is 7.12. The fourth-order valence-electron chi connectivity index (χ4n) is 5.51. The highest BCUT2D eigenvalue weighted by Crippen LogP contribution is 2.39. The van der Waals surface area contributed by atoms with E-state index < -0.39 is 35.4 Å². The zero-order chi connectivity index (χ0) is 27.0. The second kappa shape index (κ2) is 10.4. The molecule has 9 nitrogen and oxygen atoms in total. The van der Waals surface area contributed by atoms with E-state index in [4.69, 9.17) is 10.5 Å². The maximum atomic E-state index is 14.9. The average molecular weight is 536 g/mol. The van der Waals surface area contributed by atoms with Gasteiger partial charge in [0, 0.05) is 31.4 Å². The van der Waals surface area contributed by atoms with E-state index >= 15 is 0 Å². The predicted octanol–water partition coefficient (Wildman–Crippen LogP) is 3.73. The van der Waals surface area contributed by atoms with Crippen LogP contribution in [-0.2, 0) is 6.18 Å². The number of nitrogens with one attached hydrogen (secondary N) is 1. The number of anilines is 1. The highest BCUT2D eigenvalue weighted by molar-refractivity contribution is 5.98. The van der Waals surface area contributed by atoms with Gasteiger partial charge in [-0.1, -0.05) is 19.3 Å². The van der Waals surface area contributed by atoms with Gasteiger partial charge >= 0.3 is 6.18 Å². The molecule has 13 heteroatoms. The Morgan fingerprint density at radius 1 is 1.18 bits per heavy atom.